The highest BCUT2D eigenvalue weighted by atomic mass is 19.2. The summed E-state index contributed by atoms with van der Waals surface area (Å²) in [6.07, 6.45) is 19.5. The fourth-order valence-corrected chi connectivity index (χ4v) is 28.4. The van der Waals surface area contributed by atoms with Gasteiger partial charge in [-0.1, -0.05) is 110 Å². The van der Waals surface area contributed by atoms with Crippen molar-refractivity contribution in [1.29, 1.82) is 0 Å². The number of piperazine rings is 3. The lowest BCUT2D eigenvalue weighted by molar-refractivity contribution is -0.137. The molecule has 5 aromatic rings. The van der Waals surface area contributed by atoms with Gasteiger partial charge in [-0.3, -0.25) is 49.5 Å². The Bertz CT molecular complexity index is 5660. The average molecular weight is 1970 g/mol. The number of halogens is 6. The molecule has 30 nitrogen and oxygen atoms in total. The Morgan fingerprint density at radius 3 is 1.55 bits per heavy atom. The zero-order valence-corrected chi connectivity index (χ0v) is 84.5. The second-order valence-electron chi connectivity index (χ2n) is 44.9. The second kappa shape index (κ2) is 41.4. The molecule has 21 rings (SSSR count). The smallest absolute Gasteiger partial charge is 0.349 e. The third-order valence-corrected chi connectivity index (χ3v) is 35.4. The van der Waals surface area contributed by atoms with E-state index in [1.807, 2.05) is 84.5 Å². The number of hydrazine groups is 4. The summed E-state index contributed by atoms with van der Waals surface area (Å²) in [6, 6.07) is 8.76. The van der Waals surface area contributed by atoms with E-state index in [0.717, 1.165) is 119 Å². The van der Waals surface area contributed by atoms with Gasteiger partial charge in [-0.2, -0.15) is 4.98 Å². The van der Waals surface area contributed by atoms with E-state index in [4.69, 9.17) is 4.98 Å². The maximum absolute atomic E-state index is 17.0. The molecule has 7 saturated heterocycles. The van der Waals surface area contributed by atoms with Gasteiger partial charge < -0.3 is 50.9 Å². The number of carbonyl (C=O) groups excluding carboxylic acids is 5. The number of rotatable bonds is 9. The summed E-state index contributed by atoms with van der Waals surface area (Å²) in [7, 11) is 0. The van der Waals surface area contributed by atoms with Crippen LogP contribution in [0.25, 0.3) is 39.2 Å². The largest absolute Gasteiger partial charge is 0.355 e. The van der Waals surface area contributed by atoms with Crippen LogP contribution in [0, 0.1) is 70.8 Å². The normalized spacial score (nSPS) is 35.2. The van der Waals surface area contributed by atoms with Crippen LogP contribution in [0.3, 0.4) is 0 Å². The zero-order valence-electron chi connectivity index (χ0n) is 84.5. The molecule has 36 heteroatoms. The molecule has 7 amide bonds. The number of nitrogens with zero attached hydrogens (tertiary/aromatic N) is 16. The number of amides is 7. The number of anilines is 1. The van der Waals surface area contributed by atoms with Crippen LogP contribution in [0.2, 0.25) is 0 Å². The number of carbonyl (C=O) groups is 5. The third-order valence-electron chi connectivity index (χ3n) is 35.4. The van der Waals surface area contributed by atoms with Gasteiger partial charge in [-0.05, 0) is 240 Å². The molecule has 11 fully saturated rings. The number of piperidine rings is 2. The first-order valence-electron chi connectivity index (χ1n) is 53.0. The summed E-state index contributed by atoms with van der Waals surface area (Å²) < 4.78 is 102. The van der Waals surface area contributed by atoms with Gasteiger partial charge in [0.25, 0.3) is 0 Å². The lowest BCUT2D eigenvalue weighted by Gasteiger charge is -2.60. The summed E-state index contributed by atoms with van der Waals surface area (Å²) in [5.41, 5.74) is 17.7. The van der Waals surface area contributed by atoms with Gasteiger partial charge >= 0.3 is 17.8 Å². The van der Waals surface area contributed by atoms with E-state index in [2.05, 4.69) is 152 Å². The topological polar surface area (TPSA) is 292 Å². The minimum absolute atomic E-state index is 0.00457. The number of allylic oxidation sites excluding steroid dienone is 2. The van der Waals surface area contributed by atoms with Crippen molar-refractivity contribution in [1.82, 2.24) is 117 Å². The van der Waals surface area contributed by atoms with E-state index in [9.17, 15) is 28.8 Å². The summed E-state index contributed by atoms with van der Waals surface area (Å²) in [5.74, 6) is -1.17. The van der Waals surface area contributed by atoms with E-state index >= 15 is 26.3 Å². The number of pyridine rings is 1. The highest BCUT2D eigenvalue weighted by molar-refractivity contribution is 5.93. The van der Waals surface area contributed by atoms with Crippen LogP contribution in [-0.4, -0.2) is 265 Å². The summed E-state index contributed by atoms with van der Waals surface area (Å²) >= 11 is 0. The van der Waals surface area contributed by atoms with Crippen molar-refractivity contribution in [3.05, 3.63) is 144 Å². The fraction of sp³-hybridized carbons (Fsp3) is 0.660. The van der Waals surface area contributed by atoms with Gasteiger partial charge in [-0.25, -0.2) is 50.3 Å². The first kappa shape index (κ1) is 101. The minimum Gasteiger partial charge on any atom is -0.349 e. The molecule has 770 valence electrons. The molecular weight excluding hydrogens is 1820 g/mol. The number of para-hydroxylation sites is 1. The molecule has 12 aliphatic heterocycles. The van der Waals surface area contributed by atoms with Gasteiger partial charge in [0.1, 0.15) is 47.7 Å². The molecule has 12 bridgehead atoms. The van der Waals surface area contributed by atoms with Crippen molar-refractivity contribution >= 4 is 46.6 Å². The first-order chi connectivity index (χ1) is 68.2. The number of fused-ring (bicyclic) bond motifs is 22. The van der Waals surface area contributed by atoms with Crippen molar-refractivity contribution in [2.24, 2.45) is 59.2 Å². The number of aryl methyl sites for hydroxylation is 2. The molecular formula is C106H148F6N24O6. The van der Waals surface area contributed by atoms with Crippen LogP contribution in [0.5, 0.6) is 0 Å². The molecule has 142 heavy (non-hydrogen) atoms. The molecule has 8 N–H and O–H groups in total. The number of hydrogen-bond donors (Lipinski definition) is 8. The molecule has 0 spiro atoms. The standard InChI is InChI=1S/C36H58F2N8O2.C35H56F2N8O2.C35H34F2N8O2/c1-6-30(47)43-17-22(5)44(18-21(43)4)34-26-16-28(38)32-31-27(37)14-9-15-29(31)45-19-24(41-42-45)12-7-10-23-11-8-13-25(20(2)3)33(23)46(35(26)39-32)36(48)40-34;1-6-29(46)42-16-21(5)43(17-20(42)4)33-25-15-27(37)31-30-26(36)11-8-12-28(30)44-18-23(40-41-44)14-13-22-9-7-10-24(19(2)3)32(22)45(34(25)38-31)35(47)39-33;1-6-29(46)43-16-21(5)44(17-20(43)4)33-25-15-27(37)31-30-24(11-8-12-26(30)36)28-18-42(41-40-28)14-13-22-9-7-10-23(19(2)3)32(22)45(34(25)38-31)35(47)39-33/h6,19-23,25-29,31-35,39,41-42H,1,7-18H2,2-5H3,(H,40,48);6,18-22,24-28,30-34,38,40-41H,1,7-17H2,2-5H3,(H,39,47);6-12,15,18-21H,1,13-14,16-17H2,2-5H3/t21-,22+,23?,25?,26?,27?,28?,29?,31?,32?,33?,34?,35?;20-,21+,22?,24?,25?,26?,27?,28?,30?,31?,32?,33?,34?;20-,21+/m111/s1. The summed E-state index contributed by atoms with van der Waals surface area (Å²) in [4.78, 5) is 107. The van der Waals surface area contributed by atoms with E-state index in [0.29, 0.717) is 123 Å². The first-order valence-corrected chi connectivity index (χ1v) is 53.0. The zero-order chi connectivity index (χ0) is 100. The highest BCUT2D eigenvalue weighted by Crippen LogP contribution is 2.52. The van der Waals surface area contributed by atoms with Gasteiger partial charge in [-0.15, -0.1) is 16.2 Å². The fourth-order valence-electron chi connectivity index (χ4n) is 28.4. The van der Waals surface area contributed by atoms with E-state index in [1.165, 1.54) is 41.0 Å². The van der Waals surface area contributed by atoms with Crippen LogP contribution in [0.15, 0.2) is 115 Å². The van der Waals surface area contributed by atoms with Crippen LogP contribution in [0.1, 0.15) is 222 Å². The molecule has 3 aromatic heterocycles. The van der Waals surface area contributed by atoms with Crippen LogP contribution < -0.4 is 53.8 Å². The number of alkyl halides is 4. The summed E-state index contributed by atoms with van der Waals surface area (Å²) in [5, 5.41) is 27.2. The monoisotopic (exact) mass is 1970 g/mol. The number of benzene rings is 2. The maximum Gasteiger partial charge on any atom is 0.355 e. The molecule has 0 radical (unpaired) electrons. The molecule has 2 aromatic carbocycles. The van der Waals surface area contributed by atoms with E-state index in [-0.39, 0.29) is 144 Å². The average Bonchev–Trinajstić information content (AvgIpc) is 1.04. The maximum atomic E-state index is 17.0. The molecule has 28 atom stereocenters. The number of nitrogens with one attached hydrogen (secondary N) is 8. The number of aromatic nitrogens is 6. The lowest BCUT2D eigenvalue weighted by atomic mass is 9.68. The van der Waals surface area contributed by atoms with Crippen molar-refractivity contribution in [2.45, 2.75) is 346 Å². The van der Waals surface area contributed by atoms with E-state index < -0.39 is 90.6 Å². The van der Waals surface area contributed by atoms with Crippen LogP contribution in [0.4, 0.5) is 41.7 Å². The minimum atomic E-state index is -1.28. The molecule has 16 aliphatic rings. The predicted octanol–water partition coefficient (Wildman–Crippen LogP) is 13.7. The highest BCUT2D eigenvalue weighted by Gasteiger charge is 2.62. The SMILES string of the molecule is C=CC(=O)N1C[C@H](C)N(C2NC(=O)N3C4NC(C(F)CC42)C2C(F)CCCC2N2C=C(CCC4CCCC(C(C)C)C43)NN2)C[C@H]1C.C=CC(=O)N1C[C@H](C)N(C2NC(=O)N3C4NC(C(F)CC42)C2C(F)CCCC2N2C=C(CCCC4CCCC(C(C)C)C43)NN2)C[C@H]1C.C=CC(=O)N1C[C@H](C)N(c2nc(=O)n3c4nc(c(F)cc24)-c2c(F)cccc2-c2cn(nn2)CCc2cccc(C(C)C)c2-3)C[C@H]1C. The van der Waals surface area contributed by atoms with Crippen LogP contribution >= 0.6 is 0 Å². The van der Waals surface area contributed by atoms with Crippen molar-refractivity contribution in [3.63, 3.8) is 0 Å². The Morgan fingerprint density at radius 1 is 0.521 bits per heavy atom. The summed E-state index contributed by atoms with van der Waals surface area (Å²) in [6.45, 7) is 39.5. The Balaban J connectivity index is 0.000000135. The molecule has 4 aliphatic carbocycles. The Morgan fingerprint density at radius 2 is 1.02 bits per heavy atom. The van der Waals surface area contributed by atoms with Gasteiger partial charge in [0, 0.05) is 165 Å². The number of urea groups is 2. The quantitative estimate of drug-likeness (QED) is 0.0502. The lowest BCUT2D eigenvalue weighted by Crippen LogP contribution is -2.79. The Labute approximate surface area is 830 Å². The van der Waals surface area contributed by atoms with Gasteiger partial charge in [0.05, 0.1) is 54.0 Å². The van der Waals surface area contributed by atoms with Gasteiger partial charge in [0.15, 0.2) is 11.5 Å². The Hall–Kier alpha value is -10.1. The van der Waals surface area contributed by atoms with Crippen LogP contribution in [-0.2, 0) is 27.3 Å². The van der Waals surface area contributed by atoms with Gasteiger partial charge in [0.2, 0.25) is 17.7 Å². The van der Waals surface area contributed by atoms with E-state index in [1.54, 1.807) is 21.8 Å². The van der Waals surface area contributed by atoms with Crippen molar-refractivity contribution in [2.75, 3.05) is 44.2 Å². The molecule has 4 saturated carbocycles. The number of hydrogen-bond acceptors (Lipinski definition) is 21. The third kappa shape index (κ3) is 18.8. The molecule has 15 heterocycles. The van der Waals surface area contributed by atoms with Crippen molar-refractivity contribution < 1.29 is 50.3 Å². The van der Waals surface area contributed by atoms with Crippen molar-refractivity contribution in [3.8, 4) is 28.2 Å². The predicted molar refractivity (Wildman–Crippen MR) is 533 cm³/mol. The molecule has 22 unspecified atom stereocenters. The second-order valence-corrected chi connectivity index (χ2v) is 44.9. The Kier molecular flexibility index (Phi) is 29.3.